The molecule has 0 spiro atoms. The second-order valence-electron chi connectivity index (χ2n) is 7.55. The Labute approximate surface area is 177 Å². The number of rotatable bonds is 6. The third-order valence-electron chi connectivity index (χ3n) is 5.09. The Morgan fingerprint density at radius 1 is 0.900 bits per heavy atom. The minimum absolute atomic E-state index is 0.421. The lowest BCUT2D eigenvalue weighted by Gasteiger charge is -2.26. The van der Waals surface area contributed by atoms with E-state index >= 15 is 0 Å². The number of aryl methyl sites for hydroxylation is 2. The van der Waals surface area contributed by atoms with Crippen molar-refractivity contribution in [3.8, 4) is 0 Å². The summed E-state index contributed by atoms with van der Waals surface area (Å²) in [6.07, 6.45) is 5.35. The molecule has 0 aliphatic carbocycles. The largest absolute Gasteiger partial charge is 0.341 e. The number of benzene rings is 2. The lowest BCUT2D eigenvalue weighted by Crippen LogP contribution is -2.31. The van der Waals surface area contributed by atoms with Gasteiger partial charge in [0.2, 0.25) is 17.8 Å². The molecule has 2 aromatic carbocycles. The Kier molecular flexibility index (Phi) is 6.17. The first-order chi connectivity index (χ1) is 14.7. The van der Waals surface area contributed by atoms with E-state index in [9.17, 15) is 0 Å². The van der Waals surface area contributed by atoms with E-state index in [-0.39, 0.29) is 0 Å². The van der Waals surface area contributed by atoms with E-state index in [2.05, 4.69) is 67.7 Å². The third kappa shape index (κ3) is 5.11. The van der Waals surface area contributed by atoms with Crippen LogP contribution in [0.1, 0.15) is 36.0 Å². The van der Waals surface area contributed by atoms with Crippen LogP contribution < -0.4 is 15.6 Å². The van der Waals surface area contributed by atoms with E-state index in [4.69, 9.17) is 0 Å². The van der Waals surface area contributed by atoms with Crippen LogP contribution >= 0.6 is 0 Å². The summed E-state index contributed by atoms with van der Waals surface area (Å²) < 4.78 is 0. The zero-order chi connectivity index (χ0) is 20.8. The van der Waals surface area contributed by atoms with E-state index in [1.807, 2.05) is 30.3 Å². The van der Waals surface area contributed by atoms with Crippen LogP contribution in [0, 0.1) is 13.8 Å². The fourth-order valence-corrected chi connectivity index (χ4v) is 3.49. The molecule has 4 rings (SSSR count). The van der Waals surface area contributed by atoms with Gasteiger partial charge in [-0.3, -0.25) is 0 Å². The predicted octanol–water partition coefficient (Wildman–Crippen LogP) is 4.67. The van der Waals surface area contributed by atoms with Crippen LogP contribution in [0.2, 0.25) is 0 Å². The molecule has 154 valence electrons. The Hall–Kier alpha value is -3.48. The minimum Gasteiger partial charge on any atom is -0.341 e. The highest BCUT2D eigenvalue weighted by Gasteiger charge is 2.16. The van der Waals surface area contributed by atoms with Crippen molar-refractivity contribution in [1.29, 1.82) is 0 Å². The van der Waals surface area contributed by atoms with Gasteiger partial charge in [-0.05, 0) is 56.4 Å². The molecular weight excluding hydrogens is 374 g/mol. The van der Waals surface area contributed by atoms with Crippen LogP contribution in [0.3, 0.4) is 0 Å². The molecule has 30 heavy (non-hydrogen) atoms. The summed E-state index contributed by atoms with van der Waals surface area (Å²) >= 11 is 0. The van der Waals surface area contributed by atoms with Gasteiger partial charge in [-0.1, -0.05) is 42.0 Å². The number of para-hydroxylation sites is 1. The van der Waals surface area contributed by atoms with E-state index in [1.165, 1.54) is 17.5 Å². The van der Waals surface area contributed by atoms with Crippen LogP contribution in [0.5, 0.6) is 0 Å². The van der Waals surface area contributed by atoms with Gasteiger partial charge in [0.25, 0.3) is 0 Å². The molecule has 1 aliphatic heterocycles. The summed E-state index contributed by atoms with van der Waals surface area (Å²) in [5, 5.41) is 7.63. The monoisotopic (exact) mass is 401 g/mol. The van der Waals surface area contributed by atoms with E-state index < -0.39 is 0 Å². The molecule has 0 bridgehead atoms. The second kappa shape index (κ2) is 9.35. The quantitative estimate of drug-likeness (QED) is 0.462. The standard InChI is InChI=1S/C23H27N7/c1-17-11-12-19(18(2)15-17)16-24-29-22-26-21(25-20-9-5-3-6-10-20)27-23(28-22)30-13-7-4-8-14-30/h3,5-6,9-12,15-16H,4,7-8,13-14H2,1-2H3,(H2,25,26,27,28,29)/b24-16-. The molecule has 0 radical (unpaired) electrons. The third-order valence-corrected chi connectivity index (χ3v) is 5.09. The number of aromatic nitrogens is 3. The topological polar surface area (TPSA) is 78.3 Å². The molecule has 1 fully saturated rings. The number of hydrogen-bond acceptors (Lipinski definition) is 7. The minimum atomic E-state index is 0.421. The smallest absolute Gasteiger partial charge is 0.250 e. The van der Waals surface area contributed by atoms with Gasteiger partial charge >= 0.3 is 0 Å². The lowest BCUT2D eigenvalue weighted by atomic mass is 10.1. The van der Waals surface area contributed by atoms with Gasteiger partial charge in [0.1, 0.15) is 0 Å². The summed E-state index contributed by atoms with van der Waals surface area (Å²) in [7, 11) is 0. The molecule has 7 nitrogen and oxygen atoms in total. The molecule has 1 aromatic heterocycles. The first-order valence-corrected chi connectivity index (χ1v) is 10.4. The van der Waals surface area contributed by atoms with Crippen molar-refractivity contribution in [2.24, 2.45) is 5.10 Å². The molecule has 2 heterocycles. The first-order valence-electron chi connectivity index (χ1n) is 10.4. The van der Waals surface area contributed by atoms with Crippen LogP contribution in [0.25, 0.3) is 0 Å². The van der Waals surface area contributed by atoms with E-state index in [0.29, 0.717) is 17.8 Å². The molecule has 3 aromatic rings. The van der Waals surface area contributed by atoms with Gasteiger partial charge in [-0.25, -0.2) is 5.43 Å². The normalized spacial score (nSPS) is 14.1. The molecule has 0 unspecified atom stereocenters. The van der Waals surface area contributed by atoms with Gasteiger partial charge in [-0.2, -0.15) is 20.1 Å². The first kappa shape index (κ1) is 19.8. The average molecular weight is 402 g/mol. The number of piperidine rings is 1. The Morgan fingerprint density at radius 3 is 2.43 bits per heavy atom. The van der Waals surface area contributed by atoms with Crippen molar-refractivity contribution in [2.45, 2.75) is 33.1 Å². The van der Waals surface area contributed by atoms with Crippen LogP contribution in [-0.4, -0.2) is 34.3 Å². The van der Waals surface area contributed by atoms with E-state index in [1.54, 1.807) is 6.21 Å². The zero-order valence-electron chi connectivity index (χ0n) is 17.5. The number of hydrazone groups is 1. The van der Waals surface area contributed by atoms with Crippen molar-refractivity contribution >= 4 is 29.7 Å². The molecule has 0 saturated carbocycles. The summed E-state index contributed by atoms with van der Waals surface area (Å²) in [5.41, 5.74) is 7.38. The van der Waals surface area contributed by atoms with E-state index in [0.717, 1.165) is 37.2 Å². The summed E-state index contributed by atoms with van der Waals surface area (Å²) in [6.45, 7) is 6.08. The molecular formula is C23H27N7. The van der Waals surface area contributed by atoms with Crippen molar-refractivity contribution in [2.75, 3.05) is 28.7 Å². The van der Waals surface area contributed by atoms with Crippen LogP contribution in [0.4, 0.5) is 23.5 Å². The molecule has 2 N–H and O–H groups in total. The van der Waals surface area contributed by atoms with Gasteiger partial charge < -0.3 is 10.2 Å². The van der Waals surface area contributed by atoms with Crippen molar-refractivity contribution in [3.63, 3.8) is 0 Å². The molecule has 0 amide bonds. The number of nitrogens with one attached hydrogen (secondary N) is 2. The highest BCUT2D eigenvalue weighted by Crippen LogP contribution is 2.20. The van der Waals surface area contributed by atoms with Crippen molar-refractivity contribution in [1.82, 2.24) is 15.0 Å². The van der Waals surface area contributed by atoms with Gasteiger partial charge in [0, 0.05) is 18.8 Å². The lowest BCUT2D eigenvalue weighted by molar-refractivity contribution is 0.568. The van der Waals surface area contributed by atoms with Crippen molar-refractivity contribution < 1.29 is 0 Å². The zero-order valence-corrected chi connectivity index (χ0v) is 17.5. The molecule has 7 heteroatoms. The summed E-state index contributed by atoms with van der Waals surface area (Å²) in [6, 6.07) is 16.2. The number of nitrogens with zero attached hydrogens (tertiary/aromatic N) is 5. The molecule has 1 saturated heterocycles. The average Bonchev–Trinajstić information content (AvgIpc) is 2.76. The Morgan fingerprint density at radius 2 is 1.67 bits per heavy atom. The van der Waals surface area contributed by atoms with Crippen LogP contribution in [0.15, 0.2) is 53.6 Å². The predicted molar refractivity (Wildman–Crippen MR) is 123 cm³/mol. The highest BCUT2D eigenvalue weighted by molar-refractivity contribution is 5.82. The highest BCUT2D eigenvalue weighted by atomic mass is 15.4. The van der Waals surface area contributed by atoms with Crippen molar-refractivity contribution in [3.05, 3.63) is 65.2 Å². The molecule has 0 atom stereocenters. The van der Waals surface area contributed by atoms with Gasteiger partial charge in [0.05, 0.1) is 6.21 Å². The second-order valence-corrected chi connectivity index (χ2v) is 7.55. The Balaban J connectivity index is 1.57. The SMILES string of the molecule is Cc1ccc(/C=N\Nc2nc(Nc3ccccc3)nc(N3CCCCC3)n2)c(C)c1. The maximum atomic E-state index is 4.64. The fourth-order valence-electron chi connectivity index (χ4n) is 3.49. The summed E-state index contributed by atoms with van der Waals surface area (Å²) in [4.78, 5) is 16.0. The van der Waals surface area contributed by atoms with Gasteiger partial charge in [-0.15, -0.1) is 0 Å². The Bertz CT molecular complexity index is 1010. The number of hydrogen-bond donors (Lipinski definition) is 2. The van der Waals surface area contributed by atoms with Gasteiger partial charge in [0.15, 0.2) is 0 Å². The van der Waals surface area contributed by atoms with Crippen LogP contribution in [-0.2, 0) is 0 Å². The fraction of sp³-hybridized carbons (Fsp3) is 0.304. The molecule has 1 aliphatic rings. The maximum absolute atomic E-state index is 4.64. The summed E-state index contributed by atoms with van der Waals surface area (Å²) in [5.74, 6) is 1.60. The number of anilines is 4. The maximum Gasteiger partial charge on any atom is 0.250 e.